The molecule has 8 nitrogen and oxygen atoms in total. The van der Waals surface area contributed by atoms with Crippen molar-refractivity contribution in [1.82, 2.24) is 25.0 Å². The second-order valence-corrected chi connectivity index (χ2v) is 10.0. The minimum absolute atomic E-state index is 0.282. The van der Waals surface area contributed by atoms with E-state index in [9.17, 15) is 4.39 Å². The molecule has 4 heterocycles. The van der Waals surface area contributed by atoms with E-state index in [2.05, 4.69) is 26.5 Å². The summed E-state index contributed by atoms with van der Waals surface area (Å²) in [4.78, 5) is 7.24. The zero-order valence-electron chi connectivity index (χ0n) is 19.0. The highest BCUT2D eigenvalue weighted by molar-refractivity contribution is 6.30. The van der Waals surface area contributed by atoms with E-state index in [4.69, 9.17) is 26.4 Å². The van der Waals surface area contributed by atoms with E-state index < -0.39 is 5.82 Å². The predicted molar refractivity (Wildman–Crippen MR) is 127 cm³/mol. The molecule has 178 valence electrons. The number of rotatable bonds is 5. The molecule has 2 bridgehead atoms. The number of nitrogens with zero attached hydrogens (tertiary/aromatic N) is 6. The van der Waals surface area contributed by atoms with Gasteiger partial charge in [0.05, 0.1) is 17.6 Å². The van der Waals surface area contributed by atoms with Crippen LogP contribution in [0.4, 0.5) is 16.0 Å². The number of hydrogen-bond acceptors (Lipinski definition) is 7. The number of hydrogen-bond donors (Lipinski definition) is 1. The highest BCUT2D eigenvalue weighted by atomic mass is 35.5. The Morgan fingerprint density at radius 2 is 1.94 bits per heavy atom. The fourth-order valence-corrected chi connectivity index (χ4v) is 5.91. The topological polar surface area (TPSA) is 81.0 Å². The van der Waals surface area contributed by atoms with E-state index in [1.165, 1.54) is 25.0 Å². The zero-order chi connectivity index (χ0) is 23.2. The second kappa shape index (κ2) is 8.69. The van der Waals surface area contributed by atoms with Gasteiger partial charge in [-0.1, -0.05) is 11.6 Å². The Morgan fingerprint density at radius 3 is 2.71 bits per heavy atom. The highest BCUT2D eigenvalue weighted by Crippen LogP contribution is 2.40. The minimum atomic E-state index is -0.415. The molecule has 6 rings (SSSR count). The Bertz CT molecular complexity index is 1170. The van der Waals surface area contributed by atoms with Gasteiger partial charge in [0.25, 0.3) is 0 Å². The number of ether oxygens (including phenoxy) is 1. The number of fused-ring (bicyclic) bond motifs is 3. The predicted octanol–water partition coefficient (Wildman–Crippen LogP) is 4.41. The number of piperidine rings is 1. The maximum absolute atomic E-state index is 13.8. The molecule has 1 saturated heterocycles. The largest absolute Gasteiger partial charge is 0.482 e. The number of nitrogens with one attached hydrogen (secondary N) is 1. The monoisotopic (exact) mass is 483 g/mol. The van der Waals surface area contributed by atoms with E-state index in [1.54, 1.807) is 6.07 Å². The van der Waals surface area contributed by atoms with Crippen molar-refractivity contribution >= 4 is 23.2 Å². The highest BCUT2D eigenvalue weighted by Gasteiger charge is 2.43. The molecule has 1 aromatic carbocycles. The molecular weight excluding hydrogens is 457 g/mol. The van der Waals surface area contributed by atoms with Crippen molar-refractivity contribution in [1.29, 1.82) is 0 Å². The molecule has 3 aromatic rings. The summed E-state index contributed by atoms with van der Waals surface area (Å²) in [6.07, 6.45) is 5.68. The molecule has 2 aromatic heterocycles. The van der Waals surface area contributed by atoms with E-state index >= 15 is 0 Å². The number of aromatic nitrogens is 5. The van der Waals surface area contributed by atoms with Gasteiger partial charge in [-0.15, -0.1) is 5.10 Å². The average molecular weight is 484 g/mol. The summed E-state index contributed by atoms with van der Waals surface area (Å²) in [5.74, 6) is 2.47. The van der Waals surface area contributed by atoms with E-state index in [-0.39, 0.29) is 6.10 Å². The van der Waals surface area contributed by atoms with Crippen LogP contribution in [0.25, 0.3) is 0 Å². The van der Waals surface area contributed by atoms with Crippen molar-refractivity contribution in [2.45, 2.75) is 51.3 Å². The molecule has 0 amide bonds. The molecule has 0 radical (unpaired) electrons. The summed E-state index contributed by atoms with van der Waals surface area (Å²) in [5, 5.41) is 16.9. The fourth-order valence-electron chi connectivity index (χ4n) is 5.70. The third-order valence-electron chi connectivity index (χ3n) is 7.20. The number of benzene rings is 1. The summed E-state index contributed by atoms with van der Waals surface area (Å²) in [5.41, 5.74) is 2.09. The van der Waals surface area contributed by atoms with Gasteiger partial charge in [-0.05, 0) is 62.6 Å². The first-order valence-corrected chi connectivity index (χ1v) is 12.3. The van der Waals surface area contributed by atoms with Crippen molar-refractivity contribution < 1.29 is 9.13 Å². The third kappa shape index (κ3) is 4.17. The molecule has 3 aliphatic rings. The van der Waals surface area contributed by atoms with Crippen molar-refractivity contribution in [2.24, 2.45) is 11.8 Å². The van der Waals surface area contributed by atoms with Gasteiger partial charge in [-0.3, -0.25) is 0 Å². The Balaban J connectivity index is 1.17. The normalized spacial score (nSPS) is 25.8. The Hall–Kier alpha value is -2.94. The molecule has 2 fully saturated rings. The van der Waals surface area contributed by atoms with E-state index in [1.807, 2.05) is 17.8 Å². The first-order chi connectivity index (χ1) is 16.5. The van der Waals surface area contributed by atoms with Crippen LogP contribution in [-0.4, -0.2) is 44.1 Å². The summed E-state index contributed by atoms with van der Waals surface area (Å²) in [6, 6.07) is 6.71. The standard InChI is InChI=1S/C24H27ClFN7O/c1-14-7-19(11-27-30-14)32-12-15-4-5-16(13-32)22(15)28-24-29-23-21(3-2-6-33(23)31-24)34-20-9-17(25)8-18(26)10-20/h7-11,15-16,21-22H,2-6,12-13H2,1H3,(H,28,31)/t15-,16+,21-,22-/m1/s1. The molecule has 1 N–H and O–H groups in total. The van der Waals surface area contributed by atoms with Gasteiger partial charge >= 0.3 is 0 Å². The minimum Gasteiger partial charge on any atom is -0.482 e. The summed E-state index contributed by atoms with van der Waals surface area (Å²) < 4.78 is 21.8. The van der Waals surface area contributed by atoms with Crippen LogP contribution in [0.3, 0.4) is 0 Å². The van der Waals surface area contributed by atoms with Crippen LogP contribution in [0.15, 0.2) is 30.5 Å². The SMILES string of the molecule is Cc1cc(N2C[C@H]3CC[C@@H](C2)[C@@H]3Nc2nc3n(n2)CCC[C@H]3Oc2cc(F)cc(Cl)c2)cnn1. The lowest BCUT2D eigenvalue weighted by Gasteiger charge is -2.39. The van der Waals surface area contributed by atoms with Gasteiger partial charge in [-0.25, -0.2) is 9.07 Å². The van der Waals surface area contributed by atoms with Gasteiger partial charge in [0.2, 0.25) is 5.95 Å². The lowest BCUT2D eigenvalue weighted by atomic mass is 9.92. The number of halogens is 2. The molecule has 10 heteroatoms. The summed E-state index contributed by atoms with van der Waals surface area (Å²) in [6.45, 7) is 4.75. The second-order valence-electron chi connectivity index (χ2n) is 9.60. The fraction of sp³-hybridized carbons (Fsp3) is 0.500. The lowest BCUT2D eigenvalue weighted by molar-refractivity contribution is 0.155. The molecule has 4 atom stereocenters. The van der Waals surface area contributed by atoms with Gasteiger partial charge in [-0.2, -0.15) is 15.2 Å². The number of aryl methyl sites for hydroxylation is 2. The molecule has 1 saturated carbocycles. The van der Waals surface area contributed by atoms with Crippen LogP contribution in [0.5, 0.6) is 5.75 Å². The van der Waals surface area contributed by atoms with Crippen molar-refractivity contribution in [3.8, 4) is 5.75 Å². The van der Waals surface area contributed by atoms with Gasteiger partial charge < -0.3 is 15.0 Å². The van der Waals surface area contributed by atoms with Crippen LogP contribution in [0.1, 0.15) is 43.3 Å². The third-order valence-corrected chi connectivity index (χ3v) is 7.41. The van der Waals surface area contributed by atoms with Crippen molar-refractivity contribution in [3.05, 3.63) is 52.8 Å². The zero-order valence-corrected chi connectivity index (χ0v) is 19.7. The van der Waals surface area contributed by atoms with Gasteiger partial charge in [0, 0.05) is 36.8 Å². The molecular formula is C24H27ClFN7O. The van der Waals surface area contributed by atoms with Crippen LogP contribution in [-0.2, 0) is 6.54 Å². The van der Waals surface area contributed by atoms with Crippen LogP contribution < -0.4 is 15.0 Å². The van der Waals surface area contributed by atoms with Gasteiger partial charge in [0.15, 0.2) is 11.9 Å². The lowest BCUT2D eigenvalue weighted by Crippen LogP contribution is -2.48. The molecule has 1 aliphatic carbocycles. The van der Waals surface area contributed by atoms with E-state index in [0.717, 1.165) is 49.7 Å². The maximum atomic E-state index is 13.8. The van der Waals surface area contributed by atoms with Crippen LogP contribution >= 0.6 is 11.6 Å². The Morgan fingerprint density at radius 1 is 1.12 bits per heavy atom. The molecule has 0 unspecified atom stereocenters. The van der Waals surface area contributed by atoms with Crippen LogP contribution in [0.2, 0.25) is 5.02 Å². The quantitative estimate of drug-likeness (QED) is 0.575. The first-order valence-electron chi connectivity index (χ1n) is 11.9. The summed E-state index contributed by atoms with van der Waals surface area (Å²) in [7, 11) is 0. The summed E-state index contributed by atoms with van der Waals surface area (Å²) >= 11 is 6.00. The average Bonchev–Trinajstić information content (AvgIpc) is 3.30. The van der Waals surface area contributed by atoms with Crippen molar-refractivity contribution in [2.75, 3.05) is 23.3 Å². The Labute approximate surface area is 202 Å². The van der Waals surface area contributed by atoms with Crippen LogP contribution in [0, 0.1) is 24.6 Å². The van der Waals surface area contributed by atoms with E-state index in [0.29, 0.717) is 34.6 Å². The van der Waals surface area contributed by atoms with Crippen molar-refractivity contribution in [3.63, 3.8) is 0 Å². The number of anilines is 2. The Kier molecular flexibility index (Phi) is 5.51. The maximum Gasteiger partial charge on any atom is 0.242 e. The first kappa shape index (κ1) is 21.6. The van der Waals surface area contributed by atoms with Gasteiger partial charge in [0.1, 0.15) is 11.6 Å². The smallest absolute Gasteiger partial charge is 0.242 e. The molecule has 34 heavy (non-hydrogen) atoms. The molecule has 2 aliphatic heterocycles. The molecule has 0 spiro atoms.